The minimum absolute atomic E-state index is 0.0951. The molecular formula is C23H24N2O4. The average Bonchev–Trinajstić information content (AvgIpc) is 3.11. The van der Waals surface area contributed by atoms with Crippen LogP contribution in [0.4, 0.5) is 5.69 Å². The van der Waals surface area contributed by atoms with Gasteiger partial charge in [-0.05, 0) is 68.1 Å². The van der Waals surface area contributed by atoms with Crippen LogP contribution in [0.3, 0.4) is 0 Å². The average molecular weight is 392 g/mol. The number of benzene rings is 2. The van der Waals surface area contributed by atoms with Crippen LogP contribution >= 0.6 is 0 Å². The predicted octanol–water partition coefficient (Wildman–Crippen LogP) is 4.00. The zero-order valence-electron chi connectivity index (χ0n) is 16.6. The molecule has 4 rings (SSSR count). The van der Waals surface area contributed by atoms with Crippen LogP contribution in [0.25, 0.3) is 11.0 Å². The van der Waals surface area contributed by atoms with Crippen LogP contribution in [0, 0.1) is 6.92 Å². The number of rotatable bonds is 5. The minimum Gasteiger partial charge on any atom is -0.484 e. The first-order valence-corrected chi connectivity index (χ1v) is 9.85. The second kappa shape index (κ2) is 7.99. The molecule has 2 aromatic carbocycles. The maximum Gasteiger partial charge on any atom is 0.262 e. The van der Waals surface area contributed by atoms with Gasteiger partial charge in [-0.1, -0.05) is 0 Å². The van der Waals surface area contributed by atoms with E-state index in [0.29, 0.717) is 17.0 Å². The summed E-state index contributed by atoms with van der Waals surface area (Å²) in [5.74, 6) is 1.31. The first kappa shape index (κ1) is 19.1. The van der Waals surface area contributed by atoms with E-state index in [9.17, 15) is 9.59 Å². The molecular weight excluding hydrogens is 368 g/mol. The van der Waals surface area contributed by atoms with Crippen molar-refractivity contribution >= 4 is 28.5 Å². The van der Waals surface area contributed by atoms with Gasteiger partial charge in [0.25, 0.3) is 11.8 Å². The Morgan fingerprint density at radius 3 is 2.72 bits per heavy atom. The van der Waals surface area contributed by atoms with Crippen LogP contribution in [0.1, 0.15) is 40.1 Å². The van der Waals surface area contributed by atoms with Crippen LogP contribution in [-0.4, -0.2) is 25.5 Å². The fourth-order valence-electron chi connectivity index (χ4n) is 3.76. The Morgan fingerprint density at radius 1 is 1.10 bits per heavy atom. The molecule has 0 atom stereocenters. The fourth-order valence-corrected chi connectivity index (χ4v) is 3.76. The van der Waals surface area contributed by atoms with E-state index in [1.165, 1.54) is 18.4 Å². The lowest BCUT2D eigenvalue weighted by Crippen LogP contribution is -2.21. The molecule has 0 radical (unpaired) electrons. The van der Waals surface area contributed by atoms with E-state index < -0.39 is 0 Å². The topological polar surface area (TPSA) is 80.6 Å². The van der Waals surface area contributed by atoms with Gasteiger partial charge in [0.1, 0.15) is 17.1 Å². The summed E-state index contributed by atoms with van der Waals surface area (Å²) >= 11 is 0. The third kappa shape index (κ3) is 3.97. The highest BCUT2D eigenvalue weighted by atomic mass is 16.5. The molecule has 0 bridgehead atoms. The molecule has 0 aliphatic heterocycles. The number of ether oxygens (including phenoxy) is 1. The number of nitrogens with one attached hydrogen (secondary N) is 2. The Labute approximate surface area is 169 Å². The predicted molar refractivity (Wildman–Crippen MR) is 112 cm³/mol. The largest absolute Gasteiger partial charge is 0.484 e. The Bertz CT molecular complexity index is 1080. The van der Waals surface area contributed by atoms with E-state index in [0.717, 1.165) is 35.1 Å². The van der Waals surface area contributed by atoms with Crippen molar-refractivity contribution in [2.24, 2.45) is 0 Å². The zero-order chi connectivity index (χ0) is 20.4. The molecule has 0 unspecified atom stereocenters. The summed E-state index contributed by atoms with van der Waals surface area (Å²) in [7, 11) is 1.58. The van der Waals surface area contributed by atoms with E-state index in [-0.39, 0.29) is 18.4 Å². The van der Waals surface area contributed by atoms with E-state index in [1.54, 1.807) is 25.2 Å². The van der Waals surface area contributed by atoms with Crippen molar-refractivity contribution in [3.63, 3.8) is 0 Å². The molecule has 6 nitrogen and oxygen atoms in total. The molecule has 6 heteroatoms. The number of amides is 2. The summed E-state index contributed by atoms with van der Waals surface area (Å²) in [6.45, 7) is 1.75. The van der Waals surface area contributed by atoms with Gasteiger partial charge in [0.05, 0.1) is 0 Å². The third-order valence-electron chi connectivity index (χ3n) is 5.29. The van der Waals surface area contributed by atoms with Crippen LogP contribution in [-0.2, 0) is 17.6 Å². The van der Waals surface area contributed by atoms with Gasteiger partial charge in [0.15, 0.2) is 6.61 Å². The fraction of sp³-hybridized carbons (Fsp3) is 0.304. The first-order chi connectivity index (χ1) is 14.0. The van der Waals surface area contributed by atoms with Crippen molar-refractivity contribution in [1.82, 2.24) is 5.32 Å². The molecule has 1 aliphatic rings. The van der Waals surface area contributed by atoms with E-state index in [4.69, 9.17) is 9.15 Å². The van der Waals surface area contributed by atoms with Crippen molar-refractivity contribution < 1.29 is 18.7 Å². The normalized spacial score (nSPS) is 13.0. The Hall–Kier alpha value is -3.28. The maximum absolute atomic E-state index is 12.3. The van der Waals surface area contributed by atoms with Crippen LogP contribution in [0.2, 0.25) is 0 Å². The standard InChI is InChI=1S/C23H24N2O4/c1-14-11-15(23(27)24-2)7-9-19(14)25-22(26)13-28-16-8-10-21-18(12-16)17-5-3-4-6-20(17)29-21/h7-12H,3-6,13H2,1-2H3,(H,24,27)(H,25,26). The Morgan fingerprint density at radius 2 is 1.93 bits per heavy atom. The number of carbonyl (C=O) groups excluding carboxylic acids is 2. The Balaban J connectivity index is 1.41. The van der Waals surface area contributed by atoms with Gasteiger partial charge in [-0.25, -0.2) is 0 Å². The summed E-state index contributed by atoms with van der Waals surface area (Å²) in [6.07, 6.45) is 4.35. The summed E-state index contributed by atoms with van der Waals surface area (Å²) in [5, 5.41) is 6.50. The molecule has 0 saturated heterocycles. The van der Waals surface area contributed by atoms with Crippen molar-refractivity contribution in [1.29, 1.82) is 0 Å². The number of furan rings is 1. The lowest BCUT2D eigenvalue weighted by molar-refractivity contribution is -0.118. The smallest absolute Gasteiger partial charge is 0.262 e. The molecule has 2 N–H and O–H groups in total. The van der Waals surface area contributed by atoms with Gasteiger partial charge in [0, 0.05) is 35.7 Å². The number of anilines is 1. The molecule has 2 amide bonds. The first-order valence-electron chi connectivity index (χ1n) is 9.85. The minimum atomic E-state index is -0.255. The van der Waals surface area contributed by atoms with Crippen LogP contribution < -0.4 is 15.4 Å². The lowest BCUT2D eigenvalue weighted by atomic mass is 9.96. The number of fused-ring (bicyclic) bond motifs is 3. The molecule has 0 fully saturated rings. The van der Waals surface area contributed by atoms with E-state index in [2.05, 4.69) is 10.6 Å². The van der Waals surface area contributed by atoms with E-state index in [1.807, 2.05) is 25.1 Å². The van der Waals surface area contributed by atoms with Gasteiger partial charge < -0.3 is 19.8 Å². The molecule has 150 valence electrons. The van der Waals surface area contributed by atoms with Crippen molar-refractivity contribution in [2.75, 3.05) is 19.0 Å². The summed E-state index contributed by atoms with van der Waals surface area (Å²) in [6, 6.07) is 10.8. The van der Waals surface area contributed by atoms with Crippen LogP contribution in [0.5, 0.6) is 5.75 Å². The van der Waals surface area contributed by atoms with Gasteiger partial charge in [-0.3, -0.25) is 9.59 Å². The summed E-state index contributed by atoms with van der Waals surface area (Å²) < 4.78 is 11.6. The van der Waals surface area contributed by atoms with Gasteiger partial charge >= 0.3 is 0 Å². The van der Waals surface area contributed by atoms with Gasteiger partial charge in [0.2, 0.25) is 0 Å². The number of carbonyl (C=O) groups is 2. The highest BCUT2D eigenvalue weighted by Gasteiger charge is 2.18. The zero-order valence-corrected chi connectivity index (χ0v) is 16.6. The second-order valence-corrected chi connectivity index (χ2v) is 7.31. The SMILES string of the molecule is CNC(=O)c1ccc(NC(=O)COc2ccc3oc4c(c3c2)CCCC4)c(C)c1. The molecule has 1 aromatic heterocycles. The van der Waals surface area contributed by atoms with Crippen molar-refractivity contribution in [3.05, 3.63) is 58.8 Å². The lowest BCUT2D eigenvalue weighted by Gasteiger charge is -2.11. The monoisotopic (exact) mass is 392 g/mol. The van der Waals surface area contributed by atoms with Crippen molar-refractivity contribution in [3.8, 4) is 5.75 Å². The highest BCUT2D eigenvalue weighted by molar-refractivity contribution is 5.96. The molecule has 3 aromatic rings. The Kier molecular flexibility index (Phi) is 5.25. The number of hydrogen-bond donors (Lipinski definition) is 2. The molecule has 29 heavy (non-hydrogen) atoms. The maximum atomic E-state index is 12.3. The molecule has 1 aliphatic carbocycles. The number of hydrogen-bond acceptors (Lipinski definition) is 4. The molecule has 0 saturated carbocycles. The number of aryl methyl sites for hydroxylation is 3. The van der Waals surface area contributed by atoms with Gasteiger partial charge in [-0.15, -0.1) is 0 Å². The van der Waals surface area contributed by atoms with Crippen molar-refractivity contribution in [2.45, 2.75) is 32.6 Å². The second-order valence-electron chi connectivity index (χ2n) is 7.31. The van der Waals surface area contributed by atoms with Gasteiger partial charge in [-0.2, -0.15) is 0 Å². The quantitative estimate of drug-likeness (QED) is 0.688. The molecule has 1 heterocycles. The van der Waals surface area contributed by atoms with Crippen LogP contribution in [0.15, 0.2) is 40.8 Å². The van der Waals surface area contributed by atoms with E-state index >= 15 is 0 Å². The highest BCUT2D eigenvalue weighted by Crippen LogP contribution is 2.33. The third-order valence-corrected chi connectivity index (χ3v) is 5.29. The summed E-state index contributed by atoms with van der Waals surface area (Å²) in [5.41, 5.74) is 4.17. The summed E-state index contributed by atoms with van der Waals surface area (Å²) in [4.78, 5) is 24.0. The molecule has 0 spiro atoms.